The topological polar surface area (TPSA) is 29.9 Å². The lowest BCUT2D eigenvalue weighted by Crippen LogP contribution is -2.14. The van der Waals surface area contributed by atoms with Crippen LogP contribution in [0, 0.1) is 0 Å². The number of benzene rings is 1. The lowest BCUT2D eigenvalue weighted by Gasteiger charge is -2.06. The molecule has 0 aliphatic heterocycles. The summed E-state index contributed by atoms with van der Waals surface area (Å²) in [5.74, 6) is 0. The summed E-state index contributed by atoms with van der Waals surface area (Å²) in [5.41, 5.74) is 5.08. The molecule has 1 N–H and O–H groups in total. The Morgan fingerprint density at radius 1 is 1.50 bits per heavy atom. The van der Waals surface area contributed by atoms with E-state index in [1.54, 1.807) is 6.33 Å². The zero-order chi connectivity index (χ0) is 9.97. The minimum Gasteiger partial charge on any atom is -0.319 e. The van der Waals surface area contributed by atoms with Gasteiger partial charge in [-0.2, -0.15) is 0 Å². The molecule has 1 aromatic heterocycles. The number of hydrogen-bond donors (Lipinski definition) is 1. The number of nitrogens with one attached hydrogen (secondary N) is 1. The number of rotatable bonds is 3. The Hall–Kier alpha value is -1.48. The molecule has 0 unspecified atom stereocenters. The molecule has 1 aromatic carbocycles. The Bertz CT molecular complexity index is 461. The van der Waals surface area contributed by atoms with Crippen LogP contribution in [0.25, 0.3) is 11.0 Å². The third-order valence-corrected chi connectivity index (χ3v) is 2.03. The van der Waals surface area contributed by atoms with Gasteiger partial charge in [0, 0.05) is 5.03 Å². The van der Waals surface area contributed by atoms with Gasteiger partial charge in [0.1, 0.15) is 6.33 Å². The lowest BCUT2D eigenvalue weighted by atomic mass is 10.3. The molecule has 2 aromatic rings. The van der Waals surface area contributed by atoms with E-state index in [9.17, 15) is 0 Å². The molecule has 0 radical (unpaired) electrons. The number of nitrogens with zero attached hydrogens (tertiary/aromatic N) is 2. The first kappa shape index (κ1) is 9.09. The van der Waals surface area contributed by atoms with Gasteiger partial charge in [0.2, 0.25) is 0 Å². The highest BCUT2D eigenvalue weighted by Gasteiger charge is 1.99. The Kier molecular flexibility index (Phi) is 2.41. The van der Waals surface area contributed by atoms with Crippen LogP contribution in [-0.4, -0.2) is 16.2 Å². The maximum absolute atomic E-state index is 5.66. The zero-order valence-corrected chi connectivity index (χ0v) is 8.33. The number of imidazole rings is 1. The third kappa shape index (κ3) is 1.72. The summed E-state index contributed by atoms with van der Waals surface area (Å²) in [4.78, 5) is 4.22. The van der Waals surface area contributed by atoms with Gasteiger partial charge in [0.15, 0.2) is 0 Å². The maximum atomic E-state index is 5.66. The Balaban J connectivity index is 2.29. The van der Waals surface area contributed by atoms with Gasteiger partial charge in [-0.15, -0.1) is 0 Å². The van der Waals surface area contributed by atoms with Crippen molar-refractivity contribution in [3.05, 3.63) is 42.2 Å². The number of aromatic nitrogens is 2. The van der Waals surface area contributed by atoms with E-state index >= 15 is 0 Å². The van der Waals surface area contributed by atoms with Crippen LogP contribution in [0.3, 0.4) is 0 Å². The average molecular weight is 208 g/mol. The highest BCUT2D eigenvalue weighted by Crippen LogP contribution is 2.10. The minimum atomic E-state index is 0.530. The second-order valence-corrected chi connectivity index (χ2v) is 3.49. The molecule has 2 rings (SSSR count). The fourth-order valence-electron chi connectivity index (χ4n) is 1.26. The quantitative estimate of drug-likeness (QED) is 0.837. The fraction of sp³-hybridized carbons (Fsp3) is 0.100. The molecular weight excluding hydrogens is 198 g/mol. The third-order valence-electron chi connectivity index (χ3n) is 1.89. The molecule has 0 bridgehead atoms. The Labute approximate surface area is 87.0 Å². The van der Waals surface area contributed by atoms with Gasteiger partial charge in [0.05, 0.1) is 17.6 Å². The normalized spacial score (nSPS) is 10.4. The van der Waals surface area contributed by atoms with Crippen molar-refractivity contribution in [2.24, 2.45) is 0 Å². The first-order chi connectivity index (χ1) is 6.77. The molecule has 0 atom stereocenters. The summed E-state index contributed by atoms with van der Waals surface area (Å²) in [6.07, 6.45) is 1.73. The number of fused-ring (bicyclic) bond motifs is 1. The Morgan fingerprint density at radius 2 is 2.29 bits per heavy atom. The second-order valence-electron chi connectivity index (χ2n) is 2.96. The number of hydrogen-bond acceptors (Lipinski definition) is 2. The molecule has 0 aliphatic rings. The smallest absolute Gasteiger partial charge is 0.115 e. The molecule has 0 aliphatic carbocycles. The summed E-state index contributed by atoms with van der Waals surface area (Å²) >= 11 is 5.66. The second kappa shape index (κ2) is 3.72. The van der Waals surface area contributed by atoms with Crippen molar-refractivity contribution in [1.29, 1.82) is 0 Å². The van der Waals surface area contributed by atoms with E-state index in [0.717, 1.165) is 11.0 Å². The average Bonchev–Trinajstić information content (AvgIpc) is 2.58. The largest absolute Gasteiger partial charge is 0.319 e. The number of halogens is 1. The monoisotopic (exact) mass is 207 g/mol. The standard InChI is InChI=1S/C10H10ClN3/c1-8(11)6-13-14-7-12-9-4-2-3-5-10(9)14/h2-5,7,13H,1,6H2. The summed E-state index contributed by atoms with van der Waals surface area (Å²) in [6, 6.07) is 7.88. The SMILES string of the molecule is C=C(Cl)CNn1cnc2ccccc21. The van der Waals surface area contributed by atoms with Crippen LogP contribution in [0.1, 0.15) is 0 Å². The van der Waals surface area contributed by atoms with Gasteiger partial charge in [-0.1, -0.05) is 30.3 Å². The van der Waals surface area contributed by atoms with E-state index in [4.69, 9.17) is 11.6 Å². The molecule has 1 heterocycles. The summed E-state index contributed by atoms with van der Waals surface area (Å²) in [7, 11) is 0. The summed E-state index contributed by atoms with van der Waals surface area (Å²) in [6.45, 7) is 4.13. The van der Waals surface area contributed by atoms with Crippen molar-refractivity contribution in [3.63, 3.8) is 0 Å². The first-order valence-electron chi connectivity index (χ1n) is 4.26. The molecule has 0 saturated carbocycles. The van der Waals surface area contributed by atoms with Gasteiger partial charge < -0.3 is 5.43 Å². The fourth-order valence-corrected chi connectivity index (χ4v) is 1.32. The highest BCUT2D eigenvalue weighted by molar-refractivity contribution is 6.29. The molecule has 4 heteroatoms. The summed E-state index contributed by atoms with van der Waals surface area (Å²) in [5, 5.41) is 0.572. The van der Waals surface area contributed by atoms with E-state index in [2.05, 4.69) is 17.0 Å². The van der Waals surface area contributed by atoms with Gasteiger partial charge in [-0.3, -0.25) is 0 Å². The lowest BCUT2D eigenvalue weighted by molar-refractivity contribution is 0.912. The van der Waals surface area contributed by atoms with E-state index < -0.39 is 0 Å². The van der Waals surface area contributed by atoms with E-state index in [1.165, 1.54) is 0 Å². The Morgan fingerprint density at radius 3 is 3.07 bits per heavy atom. The zero-order valence-electron chi connectivity index (χ0n) is 7.57. The molecular formula is C10H10ClN3. The van der Waals surface area contributed by atoms with Crippen LogP contribution in [0.2, 0.25) is 0 Å². The molecule has 3 nitrogen and oxygen atoms in total. The van der Waals surface area contributed by atoms with Crippen molar-refractivity contribution >= 4 is 22.6 Å². The first-order valence-corrected chi connectivity index (χ1v) is 4.64. The van der Waals surface area contributed by atoms with Gasteiger partial charge >= 0.3 is 0 Å². The predicted molar refractivity (Wildman–Crippen MR) is 59.0 cm³/mol. The maximum Gasteiger partial charge on any atom is 0.115 e. The van der Waals surface area contributed by atoms with E-state index in [1.807, 2.05) is 28.9 Å². The van der Waals surface area contributed by atoms with E-state index in [-0.39, 0.29) is 0 Å². The highest BCUT2D eigenvalue weighted by atomic mass is 35.5. The van der Waals surface area contributed by atoms with Gasteiger partial charge in [-0.25, -0.2) is 9.66 Å². The molecule has 14 heavy (non-hydrogen) atoms. The predicted octanol–water partition coefficient (Wildman–Crippen LogP) is 2.33. The van der Waals surface area contributed by atoms with Crippen LogP contribution >= 0.6 is 11.6 Å². The van der Waals surface area contributed by atoms with Crippen LogP contribution in [0.15, 0.2) is 42.2 Å². The molecule has 0 saturated heterocycles. The van der Waals surface area contributed by atoms with Crippen LogP contribution in [0.4, 0.5) is 0 Å². The van der Waals surface area contributed by atoms with Crippen molar-refractivity contribution in [1.82, 2.24) is 9.66 Å². The van der Waals surface area contributed by atoms with Crippen molar-refractivity contribution < 1.29 is 0 Å². The van der Waals surface area contributed by atoms with Crippen LogP contribution in [0.5, 0.6) is 0 Å². The van der Waals surface area contributed by atoms with Crippen molar-refractivity contribution in [2.75, 3.05) is 12.0 Å². The molecule has 0 fully saturated rings. The number of para-hydroxylation sites is 2. The van der Waals surface area contributed by atoms with Crippen molar-refractivity contribution in [3.8, 4) is 0 Å². The molecule has 0 amide bonds. The van der Waals surface area contributed by atoms with Crippen LogP contribution < -0.4 is 5.43 Å². The van der Waals surface area contributed by atoms with Gasteiger partial charge in [0.25, 0.3) is 0 Å². The van der Waals surface area contributed by atoms with Crippen molar-refractivity contribution in [2.45, 2.75) is 0 Å². The van der Waals surface area contributed by atoms with E-state index in [0.29, 0.717) is 11.6 Å². The molecule has 72 valence electrons. The summed E-state index contributed by atoms with van der Waals surface area (Å²) < 4.78 is 1.84. The minimum absolute atomic E-state index is 0.530. The van der Waals surface area contributed by atoms with Crippen LogP contribution in [-0.2, 0) is 0 Å². The van der Waals surface area contributed by atoms with Gasteiger partial charge in [-0.05, 0) is 12.1 Å². The molecule has 0 spiro atoms.